The van der Waals surface area contributed by atoms with E-state index in [1.54, 1.807) is 0 Å². The molecule has 2 unspecified atom stereocenters. The van der Waals surface area contributed by atoms with Crippen molar-refractivity contribution in [1.82, 2.24) is 15.1 Å². The minimum atomic E-state index is -0.324. The minimum Gasteiger partial charge on any atom is -0.369 e. The number of hydrogen-bond donors (Lipinski definition) is 2. The quantitative estimate of drug-likeness (QED) is 0.550. The van der Waals surface area contributed by atoms with E-state index in [-0.39, 0.29) is 29.0 Å². The van der Waals surface area contributed by atoms with Crippen LogP contribution in [0.3, 0.4) is 0 Å². The van der Waals surface area contributed by atoms with E-state index in [1.165, 1.54) is 23.3 Å². The molecule has 2 atom stereocenters. The molecule has 5 rings (SSSR count). The van der Waals surface area contributed by atoms with Crippen LogP contribution >= 0.6 is 12.6 Å². The van der Waals surface area contributed by atoms with E-state index in [4.69, 9.17) is 12.6 Å². The van der Waals surface area contributed by atoms with Gasteiger partial charge in [0.15, 0.2) is 0 Å². The number of carbonyl (C=O) groups excluding carboxylic acids is 2. The second kappa shape index (κ2) is 8.84. The molecule has 3 aliphatic heterocycles. The van der Waals surface area contributed by atoms with E-state index in [0.717, 1.165) is 44.0 Å². The van der Waals surface area contributed by atoms with Crippen molar-refractivity contribution in [1.29, 1.82) is 0 Å². The maximum absolute atomic E-state index is 13.2. The number of nitrogens with one attached hydrogen (secondary N) is 1. The zero-order chi connectivity index (χ0) is 22.2. The summed E-state index contributed by atoms with van der Waals surface area (Å²) in [5.41, 5.74) is 4.73. The smallest absolute Gasteiger partial charge is 0.243 e. The molecule has 0 bridgehead atoms. The number of nitrogens with zero attached hydrogens (tertiary/aromatic N) is 3. The monoisotopic (exact) mass is 454 g/mol. The molecule has 0 spiro atoms. The van der Waals surface area contributed by atoms with Crippen LogP contribution < -0.4 is 10.2 Å². The van der Waals surface area contributed by atoms with Crippen LogP contribution in [0.25, 0.3) is 0 Å². The van der Waals surface area contributed by atoms with Crippen LogP contribution in [-0.4, -0.2) is 53.8 Å². The first kappa shape index (κ1) is 21.4. The highest BCUT2D eigenvalue weighted by molar-refractivity contribution is 7.80. The van der Waals surface area contributed by atoms with Crippen molar-refractivity contribution in [3.8, 4) is 0 Å². The van der Waals surface area contributed by atoms with E-state index >= 15 is 0 Å². The number of carbonyl (C=O) groups is 2. The van der Waals surface area contributed by atoms with Crippen molar-refractivity contribution in [3.05, 3.63) is 65.0 Å². The van der Waals surface area contributed by atoms with Crippen LogP contribution in [0.4, 0.5) is 10.1 Å². The molecule has 1 N–H and O–H groups in total. The van der Waals surface area contributed by atoms with Gasteiger partial charge < -0.3 is 4.90 Å². The summed E-state index contributed by atoms with van der Waals surface area (Å²) in [6, 6.07) is 12.7. The van der Waals surface area contributed by atoms with Crippen molar-refractivity contribution in [2.24, 2.45) is 0 Å². The lowest BCUT2D eigenvalue weighted by Crippen LogP contribution is -2.51. The topological polar surface area (TPSA) is 55.9 Å². The first-order valence-electron chi connectivity index (χ1n) is 11.1. The Labute approximate surface area is 192 Å². The summed E-state index contributed by atoms with van der Waals surface area (Å²) in [7, 11) is 0. The third-order valence-electron chi connectivity index (χ3n) is 6.81. The molecule has 0 radical (unpaired) electrons. The molecule has 8 heteroatoms. The normalized spacial score (nSPS) is 24.5. The highest BCUT2D eigenvalue weighted by Gasteiger charge is 2.39. The molecule has 32 heavy (non-hydrogen) atoms. The lowest BCUT2D eigenvalue weighted by Gasteiger charge is -2.36. The van der Waals surface area contributed by atoms with Crippen molar-refractivity contribution < 1.29 is 14.0 Å². The fraction of sp³-hybridized carbons (Fsp3) is 0.417. The number of imide groups is 1. The van der Waals surface area contributed by atoms with Gasteiger partial charge in [0.1, 0.15) is 5.82 Å². The molecule has 168 valence electrons. The van der Waals surface area contributed by atoms with E-state index in [1.807, 2.05) is 12.1 Å². The van der Waals surface area contributed by atoms with Crippen molar-refractivity contribution in [2.75, 3.05) is 31.1 Å². The zero-order valence-corrected chi connectivity index (χ0v) is 18.7. The molecule has 0 saturated carbocycles. The second-order valence-electron chi connectivity index (χ2n) is 8.74. The molecule has 0 aliphatic carbocycles. The van der Waals surface area contributed by atoms with Gasteiger partial charge in [0, 0.05) is 51.4 Å². The molecule has 2 aromatic carbocycles. The Morgan fingerprint density at radius 1 is 1.03 bits per heavy atom. The summed E-state index contributed by atoms with van der Waals surface area (Å²) in [6.07, 6.45) is 0.908. The number of fused-ring (bicyclic) bond motifs is 1. The van der Waals surface area contributed by atoms with Gasteiger partial charge in [0.05, 0.1) is 11.4 Å². The number of anilines is 1. The molecule has 2 aromatic rings. The minimum absolute atomic E-state index is 0.149. The molecule has 2 amide bonds. The van der Waals surface area contributed by atoms with Gasteiger partial charge in [-0.3, -0.25) is 24.7 Å². The number of piperidine rings is 1. The summed E-state index contributed by atoms with van der Waals surface area (Å²) < 4.78 is 13.2. The molecule has 3 heterocycles. The highest BCUT2D eigenvalue weighted by Crippen LogP contribution is 2.40. The third kappa shape index (κ3) is 4.14. The number of rotatable bonds is 4. The molecule has 6 nitrogen and oxygen atoms in total. The fourth-order valence-electron chi connectivity index (χ4n) is 5.02. The molecule has 2 saturated heterocycles. The average molecular weight is 455 g/mol. The predicted molar refractivity (Wildman–Crippen MR) is 124 cm³/mol. The number of thiol groups is 1. The van der Waals surface area contributed by atoms with Crippen LogP contribution in [0.2, 0.25) is 0 Å². The lowest BCUT2D eigenvalue weighted by atomic mass is 10.0. The summed E-state index contributed by atoms with van der Waals surface area (Å²) in [4.78, 5) is 30.8. The largest absolute Gasteiger partial charge is 0.369 e. The van der Waals surface area contributed by atoms with Gasteiger partial charge in [-0.25, -0.2) is 4.39 Å². The number of benzene rings is 2. The zero-order valence-electron chi connectivity index (χ0n) is 17.8. The molecular formula is C24H27FN4O2S. The van der Waals surface area contributed by atoms with Crippen LogP contribution in [0.15, 0.2) is 42.5 Å². The maximum Gasteiger partial charge on any atom is 0.243 e. The SMILES string of the molecule is O=C1CCC(N2Cc3c(CN4CCN(c5ccc(F)cc5)CC4)cccc3C2S)C(=O)N1. The second-order valence-corrected chi connectivity index (χ2v) is 9.23. The Hall–Kier alpha value is -2.42. The Balaban J connectivity index is 1.25. The number of hydrogen-bond acceptors (Lipinski definition) is 6. The number of amides is 2. The van der Waals surface area contributed by atoms with Gasteiger partial charge in [-0.1, -0.05) is 18.2 Å². The Bertz CT molecular complexity index is 1020. The van der Waals surface area contributed by atoms with Gasteiger partial charge >= 0.3 is 0 Å². The predicted octanol–water partition coefficient (Wildman–Crippen LogP) is 2.70. The van der Waals surface area contributed by atoms with Gasteiger partial charge in [-0.2, -0.15) is 12.6 Å². The van der Waals surface area contributed by atoms with E-state index in [2.05, 4.69) is 38.2 Å². The van der Waals surface area contributed by atoms with Gasteiger partial charge in [-0.05, 0) is 47.4 Å². The van der Waals surface area contributed by atoms with Gasteiger partial charge in [0.2, 0.25) is 11.8 Å². The summed E-state index contributed by atoms with van der Waals surface area (Å²) in [5, 5.41) is 2.32. The Morgan fingerprint density at radius 3 is 2.50 bits per heavy atom. The first-order chi connectivity index (χ1) is 15.5. The van der Waals surface area contributed by atoms with E-state index in [9.17, 15) is 14.0 Å². The maximum atomic E-state index is 13.2. The van der Waals surface area contributed by atoms with E-state index < -0.39 is 0 Å². The molecular weight excluding hydrogens is 427 g/mol. The van der Waals surface area contributed by atoms with Crippen LogP contribution in [-0.2, 0) is 22.7 Å². The lowest BCUT2D eigenvalue weighted by molar-refractivity contribution is -0.137. The molecule has 3 aliphatic rings. The fourth-order valence-corrected chi connectivity index (χ4v) is 5.51. The van der Waals surface area contributed by atoms with Crippen molar-refractivity contribution >= 4 is 30.1 Å². The van der Waals surface area contributed by atoms with Gasteiger partial charge in [0.25, 0.3) is 0 Å². The average Bonchev–Trinajstić information content (AvgIpc) is 3.12. The van der Waals surface area contributed by atoms with E-state index in [0.29, 0.717) is 19.4 Å². The standard InChI is InChI=1S/C24H27FN4O2S/c25-17-4-6-18(7-5-17)28-12-10-27(11-13-28)14-16-2-1-3-19-20(16)15-29(24(19)32)21-8-9-22(30)26-23(21)31/h1-7,21,24,32H,8-15H2,(H,26,30,31). The van der Waals surface area contributed by atoms with Crippen LogP contribution in [0.1, 0.15) is 34.9 Å². The van der Waals surface area contributed by atoms with Gasteiger partial charge in [-0.15, -0.1) is 0 Å². The number of piperazine rings is 1. The summed E-state index contributed by atoms with van der Waals surface area (Å²) in [6.45, 7) is 5.19. The first-order valence-corrected chi connectivity index (χ1v) is 11.6. The Morgan fingerprint density at radius 2 is 1.78 bits per heavy atom. The highest BCUT2D eigenvalue weighted by atomic mass is 32.1. The van der Waals surface area contributed by atoms with Crippen LogP contribution in [0, 0.1) is 5.82 Å². The molecule has 2 fully saturated rings. The number of halogens is 1. The molecule has 0 aromatic heterocycles. The van der Waals surface area contributed by atoms with Crippen molar-refractivity contribution in [3.63, 3.8) is 0 Å². The Kier molecular flexibility index (Phi) is 5.92. The summed E-state index contributed by atoms with van der Waals surface area (Å²) in [5.74, 6) is -0.620. The van der Waals surface area contributed by atoms with Crippen molar-refractivity contribution in [2.45, 2.75) is 37.3 Å². The summed E-state index contributed by atoms with van der Waals surface area (Å²) >= 11 is 4.83. The third-order valence-corrected chi connectivity index (χ3v) is 7.39. The van der Waals surface area contributed by atoms with Crippen LogP contribution in [0.5, 0.6) is 0 Å².